The summed E-state index contributed by atoms with van der Waals surface area (Å²) in [6.07, 6.45) is 1.20. The molecule has 0 radical (unpaired) electrons. The third kappa shape index (κ3) is 2.17. The maximum atomic E-state index is 12.5. The van der Waals surface area contributed by atoms with Crippen LogP contribution in [0.25, 0.3) is 4.48 Å². The predicted molar refractivity (Wildman–Crippen MR) is 84.5 cm³/mol. The molecule has 0 spiro atoms. The molecule has 4 nitrogen and oxygen atoms in total. The average Bonchev–Trinajstić information content (AvgIpc) is 2.96. The van der Waals surface area contributed by atoms with Crippen LogP contribution in [0.15, 0.2) is 40.5 Å². The highest BCUT2D eigenvalue weighted by Gasteiger charge is 2.36. The first kappa shape index (κ1) is 14.9. The summed E-state index contributed by atoms with van der Waals surface area (Å²) in [5.41, 5.74) is 0.690. The molecule has 0 aliphatic heterocycles. The molecular formula is C16H8BrClO4. The normalized spacial score (nSPS) is 14.3. The van der Waals surface area contributed by atoms with E-state index >= 15 is 0 Å². The molecule has 0 saturated heterocycles. The van der Waals surface area contributed by atoms with Crippen molar-refractivity contribution >= 4 is 49.4 Å². The summed E-state index contributed by atoms with van der Waals surface area (Å²) in [4.78, 5) is 36.7. The first-order valence-corrected chi connectivity index (χ1v) is 7.46. The van der Waals surface area contributed by atoms with Gasteiger partial charge in [-0.2, -0.15) is 0 Å². The van der Waals surface area contributed by atoms with Crippen LogP contribution < -0.4 is 0 Å². The molecule has 0 saturated carbocycles. The first-order chi connectivity index (χ1) is 10.4. The summed E-state index contributed by atoms with van der Waals surface area (Å²) < 4.78 is 5.72. The van der Waals surface area contributed by atoms with E-state index in [1.807, 2.05) is 0 Å². The van der Waals surface area contributed by atoms with Crippen LogP contribution in [0.4, 0.5) is 0 Å². The molecule has 0 fully saturated rings. The zero-order valence-electron chi connectivity index (χ0n) is 11.3. The number of halogens is 2. The summed E-state index contributed by atoms with van der Waals surface area (Å²) in [6.45, 7) is 1.52. The van der Waals surface area contributed by atoms with Crippen molar-refractivity contribution < 1.29 is 18.8 Å². The number of Topliss-reactive ketones (excluding diaryl/α,β-unsaturated/α-hetero) is 2. The van der Waals surface area contributed by atoms with Gasteiger partial charge >= 0.3 is 0 Å². The minimum absolute atomic E-state index is 0.00225. The molecule has 0 N–H and O–H groups in total. The molecule has 3 rings (SSSR count). The molecule has 1 aromatic carbocycles. The lowest BCUT2D eigenvalue weighted by Gasteiger charge is -2.11. The highest BCUT2D eigenvalue weighted by molar-refractivity contribution is 9.15. The molecule has 6 heteroatoms. The molecule has 2 aromatic rings. The zero-order valence-corrected chi connectivity index (χ0v) is 13.6. The number of allylic oxidation sites excluding steroid dienone is 1. The Morgan fingerprint density at radius 2 is 1.77 bits per heavy atom. The number of ketones is 3. The smallest absolute Gasteiger partial charge is 0.237 e. The summed E-state index contributed by atoms with van der Waals surface area (Å²) in [5, 5.41) is 0.498. The van der Waals surface area contributed by atoms with Gasteiger partial charge in [0.05, 0.1) is 15.6 Å². The van der Waals surface area contributed by atoms with E-state index in [0.29, 0.717) is 15.1 Å². The van der Waals surface area contributed by atoms with Crippen LogP contribution in [0.5, 0.6) is 0 Å². The van der Waals surface area contributed by atoms with Crippen molar-refractivity contribution in [2.75, 3.05) is 0 Å². The molecule has 1 aromatic heterocycles. The lowest BCUT2D eigenvalue weighted by molar-refractivity contribution is -0.111. The fourth-order valence-corrected chi connectivity index (χ4v) is 2.82. The van der Waals surface area contributed by atoms with E-state index in [1.54, 1.807) is 24.3 Å². The number of carbonyl (C=O) groups is 3. The lowest BCUT2D eigenvalue weighted by Crippen LogP contribution is -2.22. The van der Waals surface area contributed by atoms with Crippen molar-refractivity contribution in [1.82, 2.24) is 0 Å². The Labute approximate surface area is 138 Å². The van der Waals surface area contributed by atoms with Crippen LogP contribution in [0.1, 0.15) is 39.0 Å². The van der Waals surface area contributed by atoms with E-state index in [1.165, 1.54) is 13.2 Å². The molecule has 0 atom stereocenters. The van der Waals surface area contributed by atoms with E-state index < -0.39 is 17.3 Å². The topological polar surface area (TPSA) is 64.3 Å². The molecule has 0 amide bonds. The highest BCUT2D eigenvalue weighted by atomic mass is 79.9. The zero-order chi connectivity index (χ0) is 16.0. The number of furan rings is 1. The number of hydrogen-bond donors (Lipinski definition) is 0. The van der Waals surface area contributed by atoms with Gasteiger partial charge in [-0.05, 0) is 47.1 Å². The van der Waals surface area contributed by atoms with Crippen molar-refractivity contribution in [3.05, 3.63) is 63.6 Å². The summed E-state index contributed by atoms with van der Waals surface area (Å²) in [6, 6.07) is 6.26. The van der Waals surface area contributed by atoms with Crippen LogP contribution in [0.2, 0.25) is 5.02 Å². The fourth-order valence-electron chi connectivity index (χ4n) is 2.22. The van der Waals surface area contributed by atoms with Gasteiger partial charge in [0.2, 0.25) is 11.6 Å². The number of carbonyl (C=O) groups excluding carboxylic acids is 3. The average molecular weight is 380 g/mol. The second-order valence-electron chi connectivity index (χ2n) is 4.79. The third-order valence-corrected chi connectivity index (χ3v) is 4.65. The Bertz CT molecular complexity index is 859. The van der Waals surface area contributed by atoms with Crippen molar-refractivity contribution in [2.45, 2.75) is 6.92 Å². The van der Waals surface area contributed by atoms with Gasteiger partial charge < -0.3 is 4.42 Å². The molecule has 110 valence electrons. The van der Waals surface area contributed by atoms with Crippen molar-refractivity contribution in [3.63, 3.8) is 0 Å². The van der Waals surface area contributed by atoms with Gasteiger partial charge in [0.15, 0.2) is 11.5 Å². The van der Waals surface area contributed by atoms with E-state index in [-0.39, 0.29) is 22.5 Å². The van der Waals surface area contributed by atoms with Gasteiger partial charge in [0, 0.05) is 16.2 Å². The second kappa shape index (κ2) is 5.34. The Balaban J connectivity index is 2.14. The minimum Gasteiger partial charge on any atom is -0.462 e. The minimum atomic E-state index is -0.734. The monoisotopic (exact) mass is 378 g/mol. The van der Waals surface area contributed by atoms with E-state index in [2.05, 4.69) is 15.9 Å². The van der Waals surface area contributed by atoms with Crippen LogP contribution in [0, 0.1) is 0 Å². The van der Waals surface area contributed by atoms with Gasteiger partial charge in [0.1, 0.15) is 6.26 Å². The Kier molecular flexibility index (Phi) is 3.62. The van der Waals surface area contributed by atoms with E-state index in [9.17, 15) is 14.4 Å². The van der Waals surface area contributed by atoms with Crippen LogP contribution >= 0.6 is 27.5 Å². The van der Waals surface area contributed by atoms with Crippen LogP contribution in [0.3, 0.4) is 0 Å². The van der Waals surface area contributed by atoms with Crippen LogP contribution in [-0.2, 0) is 4.79 Å². The maximum absolute atomic E-state index is 12.5. The van der Waals surface area contributed by atoms with Crippen molar-refractivity contribution in [3.8, 4) is 0 Å². The van der Waals surface area contributed by atoms with Gasteiger partial charge in [-0.1, -0.05) is 11.6 Å². The fraction of sp³-hybridized carbons (Fsp3) is 0.0625. The summed E-state index contributed by atoms with van der Waals surface area (Å²) in [7, 11) is 0. The molecule has 1 aliphatic carbocycles. The number of hydrogen-bond acceptors (Lipinski definition) is 4. The standard InChI is InChI=1S/C16H8BrClO4/c1-7-12(17)16-11(15(21)13(7)19)10(6-22-16)14(20)8-2-4-9(18)5-3-8/h2-6H,1H3. The van der Waals surface area contributed by atoms with Crippen LogP contribution in [-0.4, -0.2) is 17.3 Å². The number of fused-ring (bicyclic) bond motifs is 1. The van der Waals surface area contributed by atoms with E-state index in [0.717, 1.165) is 0 Å². The van der Waals surface area contributed by atoms with Crippen molar-refractivity contribution in [2.24, 2.45) is 0 Å². The second-order valence-corrected chi connectivity index (χ2v) is 6.02. The van der Waals surface area contributed by atoms with Gasteiger partial charge in [-0.25, -0.2) is 0 Å². The number of benzene rings is 1. The Morgan fingerprint density at radius 1 is 1.14 bits per heavy atom. The quantitative estimate of drug-likeness (QED) is 0.583. The molecular weight excluding hydrogens is 372 g/mol. The maximum Gasteiger partial charge on any atom is 0.237 e. The first-order valence-electron chi connectivity index (χ1n) is 6.29. The largest absolute Gasteiger partial charge is 0.462 e. The van der Waals surface area contributed by atoms with E-state index in [4.69, 9.17) is 16.0 Å². The molecule has 22 heavy (non-hydrogen) atoms. The molecule has 1 aliphatic rings. The Morgan fingerprint density at radius 3 is 2.41 bits per heavy atom. The summed E-state index contributed by atoms with van der Waals surface area (Å²) >= 11 is 9.03. The molecule has 0 bridgehead atoms. The molecule has 0 unspecified atom stereocenters. The molecule has 1 heterocycles. The lowest BCUT2D eigenvalue weighted by atomic mass is 9.91. The summed E-state index contributed by atoms with van der Waals surface area (Å²) in [5.74, 6) is -1.57. The highest BCUT2D eigenvalue weighted by Crippen LogP contribution is 2.37. The van der Waals surface area contributed by atoms with Gasteiger partial charge in [-0.3, -0.25) is 14.4 Å². The third-order valence-electron chi connectivity index (χ3n) is 3.44. The SMILES string of the molecule is CC1=C(Br)c2occ(C(=O)c3ccc(Cl)cc3)c2C(=O)C1=O. The van der Waals surface area contributed by atoms with Crippen molar-refractivity contribution in [1.29, 1.82) is 0 Å². The van der Waals surface area contributed by atoms with Gasteiger partial charge in [0.25, 0.3) is 0 Å². The van der Waals surface area contributed by atoms with Gasteiger partial charge in [-0.15, -0.1) is 0 Å². The predicted octanol–water partition coefficient (Wildman–Crippen LogP) is 4.06. The number of rotatable bonds is 2. The Hall–Kier alpha value is -1.98.